The van der Waals surface area contributed by atoms with Gasteiger partial charge in [0.25, 0.3) is 0 Å². The summed E-state index contributed by atoms with van der Waals surface area (Å²) < 4.78 is 0. The van der Waals surface area contributed by atoms with Crippen LogP contribution in [-0.4, -0.2) is 27.8 Å². The number of rotatable bonds is 4. The molecule has 0 aromatic heterocycles. The van der Waals surface area contributed by atoms with E-state index in [1.807, 2.05) is 48.6 Å². The molecule has 1 aliphatic heterocycles. The Balaban J connectivity index is 2.07. The molecule has 19 heavy (non-hydrogen) atoms. The van der Waals surface area contributed by atoms with E-state index in [0.717, 1.165) is 34.1 Å². The first-order valence-electron chi connectivity index (χ1n) is 6.62. The van der Waals surface area contributed by atoms with E-state index in [9.17, 15) is 4.79 Å². The molecule has 1 saturated heterocycles. The van der Waals surface area contributed by atoms with Crippen molar-refractivity contribution in [3.05, 3.63) is 34.3 Å². The molecule has 2 unspecified atom stereocenters. The molecule has 4 heteroatoms. The van der Waals surface area contributed by atoms with Crippen molar-refractivity contribution in [2.45, 2.75) is 37.2 Å². The maximum atomic E-state index is 12.5. The van der Waals surface area contributed by atoms with E-state index in [1.54, 1.807) is 0 Å². The van der Waals surface area contributed by atoms with Gasteiger partial charge in [-0.25, -0.2) is 0 Å². The van der Waals surface area contributed by atoms with Crippen LogP contribution in [0.4, 0.5) is 0 Å². The molecule has 2 rings (SSSR count). The molecule has 1 aromatic rings. The summed E-state index contributed by atoms with van der Waals surface area (Å²) in [5.74, 6) is 2.58. The van der Waals surface area contributed by atoms with Gasteiger partial charge >= 0.3 is 0 Å². The molecular formula is C15H19ClOS2. The quantitative estimate of drug-likeness (QED) is 0.820. The second kappa shape index (κ2) is 7.05. The normalized spacial score (nSPS) is 23.3. The van der Waals surface area contributed by atoms with Gasteiger partial charge in [0, 0.05) is 28.2 Å². The lowest BCUT2D eigenvalue weighted by atomic mass is 10.0. The van der Waals surface area contributed by atoms with Crippen molar-refractivity contribution >= 4 is 40.9 Å². The van der Waals surface area contributed by atoms with Gasteiger partial charge in [0.1, 0.15) is 0 Å². The Morgan fingerprint density at radius 2 is 2.11 bits per heavy atom. The number of hydrogen-bond donors (Lipinski definition) is 0. The van der Waals surface area contributed by atoms with E-state index in [0.29, 0.717) is 17.5 Å². The van der Waals surface area contributed by atoms with Gasteiger partial charge in [0.05, 0.1) is 5.25 Å². The third kappa shape index (κ3) is 3.93. The van der Waals surface area contributed by atoms with Crippen molar-refractivity contribution in [2.75, 3.05) is 11.5 Å². The van der Waals surface area contributed by atoms with Crippen LogP contribution in [0, 0.1) is 6.92 Å². The molecule has 1 aliphatic rings. The lowest BCUT2D eigenvalue weighted by Gasteiger charge is -2.28. The van der Waals surface area contributed by atoms with Crippen LogP contribution < -0.4 is 0 Å². The predicted octanol–water partition coefficient (Wildman–Crippen LogP) is 4.39. The number of thioether (sulfide) groups is 2. The summed E-state index contributed by atoms with van der Waals surface area (Å²) in [7, 11) is 0. The SMILES string of the molecule is CCC1SCCSC1C(=O)Cc1ccc(C)cc1Cl. The highest BCUT2D eigenvalue weighted by Gasteiger charge is 2.30. The second-order valence-electron chi connectivity index (χ2n) is 4.85. The van der Waals surface area contributed by atoms with Gasteiger partial charge in [0.2, 0.25) is 0 Å². The Hall–Kier alpha value is -0.120. The first-order valence-corrected chi connectivity index (χ1v) is 9.10. The molecule has 1 aromatic carbocycles. The van der Waals surface area contributed by atoms with E-state index in [4.69, 9.17) is 11.6 Å². The first kappa shape index (κ1) is 15.3. The van der Waals surface area contributed by atoms with Gasteiger partial charge in [-0.3, -0.25) is 4.79 Å². The van der Waals surface area contributed by atoms with Crippen LogP contribution in [0.15, 0.2) is 18.2 Å². The van der Waals surface area contributed by atoms with E-state index in [2.05, 4.69) is 6.92 Å². The molecule has 0 N–H and O–H groups in total. The summed E-state index contributed by atoms with van der Waals surface area (Å²) in [6, 6.07) is 5.94. The van der Waals surface area contributed by atoms with Crippen LogP contribution in [0.25, 0.3) is 0 Å². The molecule has 0 aliphatic carbocycles. The fraction of sp³-hybridized carbons (Fsp3) is 0.533. The number of carbonyl (C=O) groups is 1. The van der Waals surface area contributed by atoms with Gasteiger partial charge in [-0.2, -0.15) is 11.8 Å². The number of hydrogen-bond acceptors (Lipinski definition) is 3. The standard InChI is InChI=1S/C15H19ClOS2/c1-3-14-15(19-7-6-18-14)13(17)9-11-5-4-10(2)8-12(11)16/h4-5,8,14-15H,3,6-7,9H2,1-2H3. The minimum Gasteiger partial charge on any atom is -0.298 e. The predicted molar refractivity (Wildman–Crippen MR) is 87.7 cm³/mol. The van der Waals surface area contributed by atoms with Crippen molar-refractivity contribution in [1.82, 2.24) is 0 Å². The highest BCUT2D eigenvalue weighted by molar-refractivity contribution is 8.07. The molecule has 0 amide bonds. The van der Waals surface area contributed by atoms with Crippen molar-refractivity contribution < 1.29 is 4.79 Å². The molecular weight excluding hydrogens is 296 g/mol. The molecule has 1 nitrogen and oxygen atoms in total. The van der Waals surface area contributed by atoms with E-state index >= 15 is 0 Å². The topological polar surface area (TPSA) is 17.1 Å². The highest BCUT2D eigenvalue weighted by atomic mass is 35.5. The van der Waals surface area contributed by atoms with Crippen LogP contribution >= 0.6 is 35.1 Å². The van der Waals surface area contributed by atoms with Crippen molar-refractivity contribution in [2.24, 2.45) is 0 Å². The van der Waals surface area contributed by atoms with Crippen LogP contribution in [0.1, 0.15) is 24.5 Å². The Morgan fingerprint density at radius 3 is 2.79 bits per heavy atom. The number of Topliss-reactive ketones (excluding diaryl/α,β-unsaturated/α-hetero) is 1. The Morgan fingerprint density at radius 1 is 1.37 bits per heavy atom. The second-order valence-corrected chi connectivity index (χ2v) is 7.85. The van der Waals surface area contributed by atoms with Crippen molar-refractivity contribution in [1.29, 1.82) is 0 Å². The summed E-state index contributed by atoms with van der Waals surface area (Å²) in [6.07, 6.45) is 1.53. The molecule has 2 atom stereocenters. The molecule has 0 radical (unpaired) electrons. The fourth-order valence-corrected chi connectivity index (χ4v) is 5.62. The highest BCUT2D eigenvalue weighted by Crippen LogP contribution is 2.34. The maximum Gasteiger partial charge on any atom is 0.151 e. The Labute approximate surface area is 128 Å². The number of carbonyl (C=O) groups excluding carboxylic acids is 1. The van der Waals surface area contributed by atoms with Crippen LogP contribution in [0.5, 0.6) is 0 Å². The van der Waals surface area contributed by atoms with Gasteiger partial charge < -0.3 is 0 Å². The largest absolute Gasteiger partial charge is 0.298 e. The molecule has 1 heterocycles. The summed E-state index contributed by atoms with van der Waals surface area (Å²) >= 11 is 9.98. The van der Waals surface area contributed by atoms with Gasteiger partial charge in [-0.05, 0) is 30.5 Å². The number of aryl methyl sites for hydroxylation is 1. The van der Waals surface area contributed by atoms with Gasteiger partial charge in [0.15, 0.2) is 5.78 Å². The number of ketones is 1. The summed E-state index contributed by atoms with van der Waals surface area (Å²) in [5, 5.41) is 1.33. The van der Waals surface area contributed by atoms with Crippen LogP contribution in [0.2, 0.25) is 5.02 Å². The summed E-state index contributed by atoms with van der Waals surface area (Å²) in [5.41, 5.74) is 2.10. The summed E-state index contributed by atoms with van der Waals surface area (Å²) in [6.45, 7) is 4.18. The minimum absolute atomic E-state index is 0.140. The molecule has 0 bridgehead atoms. The molecule has 0 saturated carbocycles. The molecule has 1 fully saturated rings. The van der Waals surface area contributed by atoms with Gasteiger partial charge in [-0.1, -0.05) is 30.7 Å². The van der Waals surface area contributed by atoms with Crippen LogP contribution in [-0.2, 0) is 11.2 Å². The zero-order valence-electron chi connectivity index (χ0n) is 11.3. The third-order valence-corrected chi connectivity index (χ3v) is 6.99. The van der Waals surface area contributed by atoms with Gasteiger partial charge in [-0.15, -0.1) is 11.8 Å². The lowest BCUT2D eigenvalue weighted by Crippen LogP contribution is -2.33. The molecule has 104 valence electrons. The smallest absolute Gasteiger partial charge is 0.151 e. The number of halogens is 1. The average Bonchev–Trinajstić information content (AvgIpc) is 2.41. The monoisotopic (exact) mass is 314 g/mol. The van der Waals surface area contributed by atoms with E-state index < -0.39 is 0 Å². The fourth-order valence-electron chi connectivity index (χ4n) is 2.29. The average molecular weight is 315 g/mol. The Kier molecular flexibility index (Phi) is 5.67. The van der Waals surface area contributed by atoms with Crippen molar-refractivity contribution in [3.8, 4) is 0 Å². The first-order chi connectivity index (χ1) is 9.11. The lowest BCUT2D eigenvalue weighted by molar-refractivity contribution is -0.117. The van der Waals surface area contributed by atoms with Crippen molar-refractivity contribution in [3.63, 3.8) is 0 Å². The number of benzene rings is 1. The Bertz CT molecular complexity index is 461. The third-order valence-electron chi connectivity index (χ3n) is 3.34. The zero-order chi connectivity index (χ0) is 13.8. The summed E-state index contributed by atoms with van der Waals surface area (Å²) in [4.78, 5) is 12.5. The van der Waals surface area contributed by atoms with Crippen LogP contribution in [0.3, 0.4) is 0 Å². The minimum atomic E-state index is 0.140. The maximum absolute atomic E-state index is 12.5. The van der Waals surface area contributed by atoms with E-state index in [-0.39, 0.29) is 5.25 Å². The van der Waals surface area contributed by atoms with E-state index in [1.165, 1.54) is 0 Å². The zero-order valence-corrected chi connectivity index (χ0v) is 13.7. The molecule has 0 spiro atoms.